The molecule has 0 fully saturated rings. The number of nitrogens with one attached hydrogen (secondary N) is 2. The fourth-order valence-corrected chi connectivity index (χ4v) is 1.56. The molecule has 0 saturated heterocycles. The quantitative estimate of drug-likeness (QED) is 0.731. The highest BCUT2D eigenvalue weighted by atomic mass is 35.5. The second-order valence-electron chi connectivity index (χ2n) is 3.47. The van der Waals surface area contributed by atoms with Crippen LogP contribution in [0.3, 0.4) is 0 Å². The molecule has 1 heterocycles. The summed E-state index contributed by atoms with van der Waals surface area (Å²) in [5.41, 5.74) is 1.55. The first-order valence-corrected chi connectivity index (χ1v) is 5.55. The summed E-state index contributed by atoms with van der Waals surface area (Å²) in [5, 5.41) is 9.74. The molecule has 0 bridgehead atoms. The van der Waals surface area contributed by atoms with Gasteiger partial charge >= 0.3 is 0 Å². The predicted octanol–water partition coefficient (Wildman–Crippen LogP) is 0.905. The van der Waals surface area contributed by atoms with Crippen LogP contribution in [-0.2, 0) is 11.2 Å². The number of hydrogen-bond donors (Lipinski definition) is 2. The number of nitrogens with zero attached hydrogens (tertiary/aromatic N) is 1. The van der Waals surface area contributed by atoms with E-state index in [1.807, 2.05) is 14.0 Å². The van der Waals surface area contributed by atoms with Gasteiger partial charge in [-0.3, -0.25) is 4.79 Å². The van der Waals surface area contributed by atoms with Crippen LogP contribution in [0.15, 0.2) is 4.52 Å². The van der Waals surface area contributed by atoms with Crippen LogP contribution in [0.25, 0.3) is 0 Å². The van der Waals surface area contributed by atoms with Gasteiger partial charge in [0.05, 0.1) is 5.69 Å². The summed E-state index contributed by atoms with van der Waals surface area (Å²) in [6.45, 7) is 3.20. The first kappa shape index (κ1) is 13.0. The van der Waals surface area contributed by atoms with Gasteiger partial charge in [0, 0.05) is 25.1 Å². The molecule has 5 nitrogen and oxygen atoms in total. The Morgan fingerprint density at radius 1 is 1.50 bits per heavy atom. The minimum Gasteiger partial charge on any atom is -0.355 e. The Labute approximate surface area is 99.5 Å². The van der Waals surface area contributed by atoms with Crippen LogP contribution in [-0.4, -0.2) is 31.2 Å². The lowest BCUT2D eigenvalue weighted by atomic mass is 10.1. The molecule has 0 atom stereocenters. The zero-order valence-electron chi connectivity index (χ0n) is 9.47. The summed E-state index contributed by atoms with van der Waals surface area (Å²) in [6, 6.07) is 0. The Morgan fingerprint density at radius 3 is 2.81 bits per heavy atom. The van der Waals surface area contributed by atoms with Crippen molar-refractivity contribution in [1.82, 2.24) is 15.8 Å². The van der Waals surface area contributed by atoms with Crippen molar-refractivity contribution in [2.45, 2.75) is 19.8 Å². The zero-order chi connectivity index (χ0) is 12.0. The number of likely N-dealkylation sites (N-methyl/N-ethyl adjacent to an activating group) is 1. The van der Waals surface area contributed by atoms with Gasteiger partial charge in [-0.2, -0.15) is 0 Å². The average Bonchev–Trinajstić information content (AvgIpc) is 2.57. The first-order chi connectivity index (χ1) is 7.65. The molecular weight excluding hydrogens is 230 g/mol. The standard InChI is InChI=1S/C10H16ClN3O2/c1-7-8(10(11)16-14-7)3-4-9(15)13-6-5-12-2/h12H,3-6H2,1-2H3,(H,13,15). The molecule has 0 spiro atoms. The highest BCUT2D eigenvalue weighted by Gasteiger charge is 2.12. The van der Waals surface area contributed by atoms with Gasteiger partial charge in [0.2, 0.25) is 11.1 Å². The number of amides is 1. The van der Waals surface area contributed by atoms with Gasteiger partial charge in [-0.25, -0.2) is 0 Å². The molecule has 1 amide bonds. The lowest BCUT2D eigenvalue weighted by Gasteiger charge is -2.03. The van der Waals surface area contributed by atoms with Crippen molar-refractivity contribution < 1.29 is 9.32 Å². The molecule has 1 aromatic rings. The Hall–Kier alpha value is -1.07. The molecule has 1 aromatic heterocycles. The summed E-state index contributed by atoms with van der Waals surface area (Å²) in [6.07, 6.45) is 0.949. The number of rotatable bonds is 6. The lowest BCUT2D eigenvalue weighted by molar-refractivity contribution is -0.121. The molecule has 0 aromatic carbocycles. The third kappa shape index (κ3) is 3.83. The Bertz CT molecular complexity index is 332. The van der Waals surface area contributed by atoms with E-state index in [4.69, 9.17) is 16.1 Å². The van der Waals surface area contributed by atoms with Crippen LogP contribution in [0.1, 0.15) is 17.7 Å². The normalized spacial score (nSPS) is 10.4. The topological polar surface area (TPSA) is 67.2 Å². The number of halogens is 1. The maximum Gasteiger partial charge on any atom is 0.229 e. The number of aryl methyl sites for hydroxylation is 1. The van der Waals surface area contributed by atoms with E-state index < -0.39 is 0 Å². The minimum absolute atomic E-state index is 0.00640. The van der Waals surface area contributed by atoms with Gasteiger partial charge in [-0.15, -0.1) is 0 Å². The summed E-state index contributed by atoms with van der Waals surface area (Å²) >= 11 is 5.78. The Morgan fingerprint density at radius 2 is 2.25 bits per heavy atom. The second kappa shape index (κ2) is 6.50. The van der Waals surface area contributed by atoms with Gasteiger partial charge in [0.25, 0.3) is 0 Å². The van der Waals surface area contributed by atoms with Crippen molar-refractivity contribution in [2.24, 2.45) is 0 Å². The SMILES string of the molecule is CNCCNC(=O)CCc1c(C)noc1Cl. The van der Waals surface area contributed by atoms with E-state index in [0.29, 0.717) is 19.4 Å². The fourth-order valence-electron chi connectivity index (χ4n) is 1.29. The van der Waals surface area contributed by atoms with Crippen LogP contribution < -0.4 is 10.6 Å². The van der Waals surface area contributed by atoms with Gasteiger partial charge in [0.15, 0.2) is 0 Å². The third-order valence-electron chi connectivity index (χ3n) is 2.24. The van der Waals surface area contributed by atoms with Crippen molar-refractivity contribution in [1.29, 1.82) is 0 Å². The van der Waals surface area contributed by atoms with Crippen molar-refractivity contribution >= 4 is 17.5 Å². The van der Waals surface area contributed by atoms with Crippen LogP contribution in [0.2, 0.25) is 5.22 Å². The second-order valence-corrected chi connectivity index (χ2v) is 3.82. The van der Waals surface area contributed by atoms with E-state index in [1.165, 1.54) is 0 Å². The molecule has 0 radical (unpaired) electrons. The van der Waals surface area contributed by atoms with Gasteiger partial charge < -0.3 is 15.2 Å². The maximum absolute atomic E-state index is 11.4. The fraction of sp³-hybridized carbons (Fsp3) is 0.600. The maximum atomic E-state index is 11.4. The molecule has 0 unspecified atom stereocenters. The third-order valence-corrected chi connectivity index (χ3v) is 2.53. The number of hydrogen-bond acceptors (Lipinski definition) is 4. The van der Waals surface area contributed by atoms with E-state index >= 15 is 0 Å². The molecular formula is C10H16ClN3O2. The first-order valence-electron chi connectivity index (χ1n) is 5.17. The molecule has 1 rings (SSSR count). The molecule has 0 aliphatic carbocycles. The van der Waals surface area contributed by atoms with Gasteiger partial charge in [0.1, 0.15) is 0 Å². The number of carbonyl (C=O) groups excluding carboxylic acids is 1. The molecule has 16 heavy (non-hydrogen) atoms. The predicted molar refractivity (Wildman–Crippen MR) is 61.5 cm³/mol. The highest BCUT2D eigenvalue weighted by Crippen LogP contribution is 2.20. The van der Waals surface area contributed by atoms with E-state index in [2.05, 4.69) is 15.8 Å². The van der Waals surface area contributed by atoms with Gasteiger partial charge in [-0.1, -0.05) is 5.16 Å². The van der Waals surface area contributed by atoms with Crippen molar-refractivity contribution in [3.05, 3.63) is 16.5 Å². The van der Waals surface area contributed by atoms with Crippen molar-refractivity contribution in [2.75, 3.05) is 20.1 Å². The van der Waals surface area contributed by atoms with Crippen LogP contribution >= 0.6 is 11.6 Å². The largest absolute Gasteiger partial charge is 0.355 e. The van der Waals surface area contributed by atoms with Crippen molar-refractivity contribution in [3.8, 4) is 0 Å². The van der Waals surface area contributed by atoms with E-state index in [9.17, 15) is 4.79 Å². The number of carbonyl (C=O) groups is 1. The summed E-state index contributed by atoms with van der Waals surface area (Å²) in [7, 11) is 1.84. The summed E-state index contributed by atoms with van der Waals surface area (Å²) in [4.78, 5) is 11.4. The van der Waals surface area contributed by atoms with E-state index in [1.54, 1.807) is 0 Å². The molecule has 0 aliphatic heterocycles. The molecule has 2 N–H and O–H groups in total. The molecule has 0 aliphatic rings. The molecule has 90 valence electrons. The van der Waals surface area contributed by atoms with Crippen LogP contribution in [0, 0.1) is 6.92 Å². The lowest BCUT2D eigenvalue weighted by Crippen LogP contribution is -2.30. The highest BCUT2D eigenvalue weighted by molar-refractivity contribution is 6.29. The van der Waals surface area contributed by atoms with Crippen LogP contribution in [0.4, 0.5) is 0 Å². The number of aromatic nitrogens is 1. The van der Waals surface area contributed by atoms with Crippen molar-refractivity contribution in [3.63, 3.8) is 0 Å². The Balaban J connectivity index is 2.32. The molecule has 0 saturated carbocycles. The van der Waals surface area contributed by atoms with Gasteiger partial charge in [-0.05, 0) is 32.0 Å². The molecule has 6 heteroatoms. The van der Waals surface area contributed by atoms with E-state index in [0.717, 1.165) is 17.8 Å². The average molecular weight is 246 g/mol. The Kier molecular flexibility index (Phi) is 5.28. The monoisotopic (exact) mass is 245 g/mol. The zero-order valence-corrected chi connectivity index (χ0v) is 10.2. The summed E-state index contributed by atoms with van der Waals surface area (Å²) < 4.78 is 4.80. The smallest absolute Gasteiger partial charge is 0.229 e. The minimum atomic E-state index is 0.00640. The van der Waals surface area contributed by atoms with E-state index in [-0.39, 0.29) is 11.1 Å². The van der Waals surface area contributed by atoms with Crippen LogP contribution in [0.5, 0.6) is 0 Å². The summed E-state index contributed by atoms with van der Waals surface area (Å²) in [5.74, 6) is 0.00640.